The number of hydrogen-bond acceptors (Lipinski definition) is 3. The van der Waals surface area contributed by atoms with Gasteiger partial charge >= 0.3 is 6.03 Å². The summed E-state index contributed by atoms with van der Waals surface area (Å²) < 4.78 is 0. The van der Waals surface area contributed by atoms with E-state index < -0.39 is 0 Å². The van der Waals surface area contributed by atoms with Crippen molar-refractivity contribution in [3.8, 4) is 0 Å². The number of carbonyl (C=O) groups excluding carboxylic acids is 1. The lowest BCUT2D eigenvalue weighted by Gasteiger charge is -2.47. The number of aliphatic imine (C=N–C) groups is 1. The van der Waals surface area contributed by atoms with Crippen LogP contribution >= 0.6 is 0 Å². The number of urea groups is 1. The maximum atomic E-state index is 12.1. The van der Waals surface area contributed by atoms with E-state index in [1.807, 2.05) is 6.21 Å². The number of nitrogens with zero attached hydrogens (tertiary/aromatic N) is 3. The molecule has 0 aromatic carbocycles. The maximum Gasteiger partial charge on any atom is 0.344 e. The monoisotopic (exact) mass is 304 g/mol. The Hall–Kier alpha value is -0.940. The molecule has 2 aliphatic carbocycles. The Bertz CT molecular complexity index is 469. The number of piperidine rings is 1. The lowest BCUT2D eigenvalue weighted by atomic mass is 9.84. The summed E-state index contributed by atoms with van der Waals surface area (Å²) in [5, 5.41) is 2.43. The van der Waals surface area contributed by atoms with E-state index in [0.717, 1.165) is 32.2 Å². The molecule has 1 spiro atoms. The van der Waals surface area contributed by atoms with Crippen LogP contribution in [0.3, 0.4) is 0 Å². The maximum absolute atomic E-state index is 12.1. The summed E-state index contributed by atoms with van der Waals surface area (Å²) in [4.78, 5) is 18.4. The molecule has 0 aromatic heterocycles. The van der Waals surface area contributed by atoms with Gasteiger partial charge in [0.2, 0.25) is 0 Å². The van der Waals surface area contributed by atoms with Crippen LogP contribution in [-0.2, 0) is 0 Å². The predicted molar refractivity (Wildman–Crippen MR) is 86.9 cm³/mol. The minimum atomic E-state index is -0.0948. The van der Waals surface area contributed by atoms with E-state index in [2.05, 4.69) is 27.3 Å². The first-order valence-corrected chi connectivity index (χ1v) is 9.09. The van der Waals surface area contributed by atoms with Crippen LogP contribution in [0.1, 0.15) is 64.7 Å². The van der Waals surface area contributed by atoms with Crippen molar-refractivity contribution in [2.75, 3.05) is 6.54 Å². The molecule has 4 rings (SSSR count). The first kappa shape index (κ1) is 14.6. The Morgan fingerprint density at radius 3 is 2.68 bits per heavy atom. The van der Waals surface area contributed by atoms with E-state index in [9.17, 15) is 4.79 Å². The highest BCUT2D eigenvalue weighted by atomic mass is 16.2. The molecule has 0 bridgehead atoms. The number of hydrazine groups is 1. The largest absolute Gasteiger partial charge is 0.344 e. The minimum absolute atomic E-state index is 0.00314. The molecule has 4 aliphatic rings. The van der Waals surface area contributed by atoms with Gasteiger partial charge in [0, 0.05) is 30.9 Å². The van der Waals surface area contributed by atoms with E-state index in [1.165, 1.54) is 32.1 Å². The lowest BCUT2D eigenvalue weighted by Crippen LogP contribution is -2.62. The van der Waals surface area contributed by atoms with Gasteiger partial charge in [-0.25, -0.2) is 14.8 Å². The van der Waals surface area contributed by atoms with Crippen LogP contribution in [-0.4, -0.2) is 52.4 Å². The average Bonchev–Trinajstić information content (AvgIpc) is 3.30. The van der Waals surface area contributed by atoms with E-state index in [1.54, 1.807) is 0 Å². The highest BCUT2D eigenvalue weighted by molar-refractivity contribution is 5.96. The van der Waals surface area contributed by atoms with Crippen molar-refractivity contribution in [2.45, 2.75) is 88.4 Å². The fraction of sp³-hybridized carbons (Fsp3) is 0.882. The molecular formula is C17H28N4O. The van der Waals surface area contributed by atoms with Crippen molar-refractivity contribution in [1.82, 2.24) is 15.3 Å². The highest BCUT2D eigenvalue weighted by Gasteiger charge is 2.52. The van der Waals surface area contributed by atoms with Gasteiger partial charge in [0.25, 0.3) is 0 Å². The van der Waals surface area contributed by atoms with Crippen LogP contribution in [0, 0.1) is 0 Å². The number of carbonyl (C=O) groups is 1. The van der Waals surface area contributed by atoms with Crippen LogP contribution in [0.15, 0.2) is 4.99 Å². The number of nitrogens with one attached hydrogen (secondary N) is 1. The standard InChI is InChI=1S/C17H28N4O/c1-13-11-17(12-18-16(22)21(17)15-7-8-15)9-10-20(13)19-14-5-3-2-4-6-14/h12-15,19H,2-11H2,1H3. The summed E-state index contributed by atoms with van der Waals surface area (Å²) in [5.41, 5.74) is 3.68. The number of hydrogen-bond donors (Lipinski definition) is 1. The summed E-state index contributed by atoms with van der Waals surface area (Å²) >= 11 is 0. The van der Waals surface area contributed by atoms with Crippen molar-refractivity contribution in [2.24, 2.45) is 4.99 Å². The Labute approximate surface area is 133 Å². The molecular weight excluding hydrogens is 276 g/mol. The zero-order valence-corrected chi connectivity index (χ0v) is 13.6. The molecule has 122 valence electrons. The van der Waals surface area contributed by atoms with E-state index in [4.69, 9.17) is 0 Å². The van der Waals surface area contributed by atoms with Gasteiger partial charge in [0.15, 0.2) is 0 Å². The number of rotatable bonds is 3. The van der Waals surface area contributed by atoms with Gasteiger partial charge in [-0.1, -0.05) is 19.3 Å². The van der Waals surface area contributed by atoms with Gasteiger partial charge in [-0.15, -0.1) is 0 Å². The van der Waals surface area contributed by atoms with Crippen LogP contribution in [0.25, 0.3) is 0 Å². The van der Waals surface area contributed by atoms with Gasteiger partial charge in [-0.2, -0.15) is 0 Å². The molecule has 2 atom stereocenters. The quantitative estimate of drug-likeness (QED) is 0.872. The summed E-state index contributed by atoms with van der Waals surface area (Å²) in [6, 6.07) is 1.57. The van der Waals surface area contributed by atoms with Gasteiger partial charge in [0.1, 0.15) is 0 Å². The highest BCUT2D eigenvalue weighted by Crippen LogP contribution is 2.41. The van der Waals surface area contributed by atoms with Gasteiger partial charge in [-0.05, 0) is 45.4 Å². The van der Waals surface area contributed by atoms with Crippen LogP contribution in [0.5, 0.6) is 0 Å². The molecule has 1 saturated heterocycles. The van der Waals surface area contributed by atoms with Gasteiger partial charge in [-0.3, -0.25) is 5.43 Å². The Kier molecular flexibility index (Phi) is 3.73. The van der Waals surface area contributed by atoms with E-state index in [-0.39, 0.29) is 11.6 Å². The molecule has 5 heteroatoms. The molecule has 2 saturated carbocycles. The number of amides is 2. The Balaban J connectivity index is 1.41. The second-order valence-electron chi connectivity index (χ2n) is 7.71. The molecule has 1 N–H and O–H groups in total. The van der Waals surface area contributed by atoms with E-state index >= 15 is 0 Å². The summed E-state index contributed by atoms with van der Waals surface area (Å²) in [7, 11) is 0. The first-order valence-electron chi connectivity index (χ1n) is 9.09. The topological polar surface area (TPSA) is 47.9 Å². The first-order chi connectivity index (χ1) is 10.7. The molecule has 0 aromatic rings. The van der Waals surface area contributed by atoms with Crippen LogP contribution < -0.4 is 5.43 Å². The molecule has 2 unspecified atom stereocenters. The van der Waals surface area contributed by atoms with E-state index in [0.29, 0.717) is 18.1 Å². The third-order valence-electron chi connectivity index (χ3n) is 5.93. The second-order valence-corrected chi connectivity index (χ2v) is 7.71. The van der Waals surface area contributed by atoms with Crippen LogP contribution in [0.4, 0.5) is 4.79 Å². The van der Waals surface area contributed by atoms with Crippen molar-refractivity contribution in [1.29, 1.82) is 0 Å². The molecule has 2 heterocycles. The molecule has 5 nitrogen and oxygen atoms in total. The normalized spacial score (nSPS) is 37.4. The molecule has 2 amide bonds. The third kappa shape index (κ3) is 2.58. The molecule has 2 aliphatic heterocycles. The van der Waals surface area contributed by atoms with Gasteiger partial charge in [0.05, 0.1) is 5.54 Å². The molecule has 0 radical (unpaired) electrons. The fourth-order valence-electron chi connectivity index (χ4n) is 4.60. The second kappa shape index (κ2) is 5.60. The summed E-state index contributed by atoms with van der Waals surface area (Å²) in [5.74, 6) is 0. The smallest absolute Gasteiger partial charge is 0.309 e. The van der Waals surface area contributed by atoms with Gasteiger partial charge < -0.3 is 4.90 Å². The Morgan fingerprint density at radius 2 is 2.00 bits per heavy atom. The van der Waals surface area contributed by atoms with Crippen molar-refractivity contribution in [3.05, 3.63) is 0 Å². The zero-order valence-electron chi connectivity index (χ0n) is 13.6. The SMILES string of the molecule is CC1CC2(C=NC(=O)N2C2CC2)CCN1NC1CCCCC1. The summed E-state index contributed by atoms with van der Waals surface area (Å²) in [6.07, 6.45) is 13.0. The fourth-order valence-corrected chi connectivity index (χ4v) is 4.60. The Morgan fingerprint density at radius 1 is 1.23 bits per heavy atom. The molecule has 22 heavy (non-hydrogen) atoms. The van der Waals surface area contributed by atoms with Crippen molar-refractivity contribution >= 4 is 12.2 Å². The van der Waals surface area contributed by atoms with Crippen molar-refractivity contribution < 1.29 is 4.79 Å². The minimum Gasteiger partial charge on any atom is -0.309 e. The van der Waals surface area contributed by atoms with Crippen molar-refractivity contribution in [3.63, 3.8) is 0 Å². The third-order valence-corrected chi connectivity index (χ3v) is 5.93. The molecule has 3 fully saturated rings. The average molecular weight is 304 g/mol. The van der Waals surface area contributed by atoms with Crippen LogP contribution in [0.2, 0.25) is 0 Å². The lowest BCUT2D eigenvalue weighted by molar-refractivity contribution is 0.0159. The summed E-state index contributed by atoms with van der Waals surface area (Å²) in [6.45, 7) is 3.30. The predicted octanol–water partition coefficient (Wildman–Crippen LogP) is 2.72. The zero-order chi connectivity index (χ0) is 15.2.